The van der Waals surface area contributed by atoms with Crippen molar-refractivity contribution in [1.29, 1.82) is 0 Å². The lowest BCUT2D eigenvalue weighted by atomic mass is 10.2. The molecule has 0 aliphatic rings. The van der Waals surface area contributed by atoms with Crippen LogP contribution in [-0.2, 0) is 0 Å². The highest BCUT2D eigenvalue weighted by molar-refractivity contribution is 14.1. The first-order chi connectivity index (χ1) is 6.27. The minimum atomic E-state index is 0.531. The van der Waals surface area contributed by atoms with Crippen molar-refractivity contribution >= 4 is 38.5 Å². The first-order valence-corrected chi connectivity index (χ1v) is 5.36. The highest BCUT2D eigenvalue weighted by Crippen LogP contribution is 2.27. The standard InChI is InChI=1S/C8H4BrIN2O/c9-7-3-5(10)1-2-6(7)8-12-11-4-13-8/h1-4H. The van der Waals surface area contributed by atoms with Crippen molar-refractivity contribution < 1.29 is 4.42 Å². The lowest BCUT2D eigenvalue weighted by Gasteiger charge is -1.98. The number of halogens is 2. The molecule has 2 aromatic rings. The van der Waals surface area contributed by atoms with E-state index in [4.69, 9.17) is 4.42 Å². The van der Waals surface area contributed by atoms with Crippen molar-refractivity contribution in [2.45, 2.75) is 0 Å². The van der Waals surface area contributed by atoms with Gasteiger partial charge >= 0.3 is 0 Å². The van der Waals surface area contributed by atoms with E-state index in [1.807, 2.05) is 18.2 Å². The van der Waals surface area contributed by atoms with Crippen LogP contribution in [0.5, 0.6) is 0 Å². The minimum absolute atomic E-state index is 0.531. The molecule has 0 unspecified atom stereocenters. The molecular weight excluding hydrogens is 347 g/mol. The maximum absolute atomic E-state index is 5.09. The Labute approximate surface area is 96.8 Å². The topological polar surface area (TPSA) is 38.9 Å². The average molecular weight is 351 g/mol. The van der Waals surface area contributed by atoms with Crippen molar-refractivity contribution in [3.8, 4) is 11.5 Å². The molecule has 0 fully saturated rings. The Bertz CT molecular complexity index is 416. The van der Waals surface area contributed by atoms with E-state index in [0.717, 1.165) is 13.6 Å². The quantitative estimate of drug-likeness (QED) is 0.742. The van der Waals surface area contributed by atoms with E-state index in [9.17, 15) is 0 Å². The number of nitrogens with zero attached hydrogens (tertiary/aromatic N) is 2. The van der Waals surface area contributed by atoms with E-state index >= 15 is 0 Å². The van der Waals surface area contributed by atoms with E-state index in [2.05, 4.69) is 48.7 Å². The van der Waals surface area contributed by atoms with Gasteiger partial charge in [0.15, 0.2) is 0 Å². The fourth-order valence-corrected chi connectivity index (χ4v) is 2.42. The first-order valence-electron chi connectivity index (χ1n) is 3.49. The van der Waals surface area contributed by atoms with Crippen molar-refractivity contribution in [2.75, 3.05) is 0 Å². The van der Waals surface area contributed by atoms with Gasteiger partial charge in [-0.25, -0.2) is 0 Å². The van der Waals surface area contributed by atoms with Crippen molar-refractivity contribution in [3.05, 3.63) is 32.6 Å². The van der Waals surface area contributed by atoms with Crippen LogP contribution in [0.25, 0.3) is 11.5 Å². The molecule has 0 amide bonds. The zero-order valence-electron chi connectivity index (χ0n) is 6.37. The molecule has 0 saturated carbocycles. The third-order valence-corrected chi connectivity index (χ3v) is 2.85. The number of hydrogen-bond donors (Lipinski definition) is 0. The van der Waals surface area contributed by atoms with Gasteiger partial charge in [0.1, 0.15) is 0 Å². The van der Waals surface area contributed by atoms with Gasteiger partial charge in [0.2, 0.25) is 12.3 Å². The van der Waals surface area contributed by atoms with Crippen LogP contribution in [-0.4, -0.2) is 10.2 Å². The molecule has 1 heterocycles. The summed E-state index contributed by atoms with van der Waals surface area (Å²) in [5, 5.41) is 7.45. The number of rotatable bonds is 1. The zero-order valence-corrected chi connectivity index (χ0v) is 10.1. The SMILES string of the molecule is Brc1cc(I)ccc1-c1nnco1. The monoisotopic (exact) mass is 350 g/mol. The van der Waals surface area contributed by atoms with E-state index in [1.54, 1.807) is 0 Å². The average Bonchev–Trinajstić information content (AvgIpc) is 2.56. The molecule has 0 aliphatic heterocycles. The zero-order chi connectivity index (χ0) is 9.26. The molecule has 0 aliphatic carbocycles. The summed E-state index contributed by atoms with van der Waals surface area (Å²) in [6.07, 6.45) is 1.32. The molecule has 0 spiro atoms. The van der Waals surface area contributed by atoms with Crippen LogP contribution in [0.2, 0.25) is 0 Å². The number of benzene rings is 1. The van der Waals surface area contributed by atoms with Gasteiger partial charge in [-0.1, -0.05) is 0 Å². The Kier molecular flexibility index (Phi) is 2.63. The van der Waals surface area contributed by atoms with Crippen molar-refractivity contribution in [2.24, 2.45) is 0 Å². The van der Waals surface area contributed by atoms with Crippen LogP contribution in [0.1, 0.15) is 0 Å². The summed E-state index contributed by atoms with van der Waals surface area (Å²) >= 11 is 5.68. The molecule has 1 aromatic heterocycles. The van der Waals surface area contributed by atoms with E-state index in [-0.39, 0.29) is 0 Å². The van der Waals surface area contributed by atoms with Crippen LogP contribution in [0, 0.1) is 3.57 Å². The molecule has 2 rings (SSSR count). The Morgan fingerprint density at radius 2 is 2.23 bits per heavy atom. The minimum Gasteiger partial charge on any atom is -0.423 e. The van der Waals surface area contributed by atoms with Crippen LogP contribution >= 0.6 is 38.5 Å². The normalized spacial score (nSPS) is 10.3. The molecule has 13 heavy (non-hydrogen) atoms. The second kappa shape index (κ2) is 3.75. The summed E-state index contributed by atoms with van der Waals surface area (Å²) < 4.78 is 7.21. The third-order valence-electron chi connectivity index (χ3n) is 1.52. The molecular formula is C8H4BrIN2O. The van der Waals surface area contributed by atoms with Gasteiger partial charge in [-0.2, -0.15) is 0 Å². The lowest BCUT2D eigenvalue weighted by molar-refractivity contribution is 0.568. The lowest BCUT2D eigenvalue weighted by Crippen LogP contribution is -1.81. The fraction of sp³-hybridized carbons (Fsp3) is 0. The Hall–Kier alpha value is -0.430. The summed E-state index contributed by atoms with van der Waals surface area (Å²) in [5.41, 5.74) is 0.915. The number of hydrogen-bond acceptors (Lipinski definition) is 3. The second-order valence-corrected chi connectivity index (χ2v) is 4.47. The molecule has 3 nitrogen and oxygen atoms in total. The number of aromatic nitrogens is 2. The summed E-state index contributed by atoms with van der Waals surface area (Å²) in [7, 11) is 0. The van der Waals surface area contributed by atoms with Gasteiger partial charge in [0, 0.05) is 8.04 Å². The highest BCUT2D eigenvalue weighted by atomic mass is 127. The van der Waals surface area contributed by atoms with Crippen LogP contribution < -0.4 is 0 Å². The Morgan fingerprint density at radius 3 is 2.85 bits per heavy atom. The molecule has 66 valence electrons. The largest absolute Gasteiger partial charge is 0.423 e. The van der Waals surface area contributed by atoms with Crippen LogP contribution in [0.4, 0.5) is 0 Å². The highest BCUT2D eigenvalue weighted by Gasteiger charge is 2.07. The van der Waals surface area contributed by atoms with Gasteiger partial charge < -0.3 is 4.42 Å². The third kappa shape index (κ3) is 1.91. The van der Waals surface area contributed by atoms with Crippen molar-refractivity contribution in [1.82, 2.24) is 10.2 Å². The molecule has 0 N–H and O–H groups in total. The molecule has 0 atom stereocenters. The van der Waals surface area contributed by atoms with Gasteiger partial charge in [-0.15, -0.1) is 10.2 Å². The maximum atomic E-state index is 5.09. The van der Waals surface area contributed by atoms with Crippen LogP contribution in [0.15, 0.2) is 33.5 Å². The summed E-state index contributed by atoms with van der Waals surface area (Å²) in [6, 6.07) is 5.93. The second-order valence-electron chi connectivity index (χ2n) is 2.37. The summed E-state index contributed by atoms with van der Waals surface area (Å²) in [6.45, 7) is 0. The molecule has 1 aromatic carbocycles. The van der Waals surface area contributed by atoms with Gasteiger partial charge in [0.25, 0.3) is 0 Å². The first kappa shape index (κ1) is 9.14. The van der Waals surface area contributed by atoms with Gasteiger partial charge in [-0.3, -0.25) is 0 Å². The van der Waals surface area contributed by atoms with Crippen molar-refractivity contribution in [3.63, 3.8) is 0 Å². The van der Waals surface area contributed by atoms with Gasteiger partial charge in [0.05, 0.1) is 5.56 Å². The van der Waals surface area contributed by atoms with Crippen LogP contribution in [0.3, 0.4) is 0 Å². The predicted molar refractivity (Wildman–Crippen MR) is 60.2 cm³/mol. The Balaban J connectivity index is 2.53. The molecule has 5 heteroatoms. The van der Waals surface area contributed by atoms with E-state index < -0.39 is 0 Å². The molecule has 0 saturated heterocycles. The predicted octanol–water partition coefficient (Wildman–Crippen LogP) is 3.10. The molecule has 0 radical (unpaired) electrons. The Morgan fingerprint density at radius 1 is 1.38 bits per heavy atom. The fourth-order valence-electron chi connectivity index (χ4n) is 0.953. The summed E-state index contributed by atoms with van der Waals surface area (Å²) in [4.78, 5) is 0. The molecule has 0 bridgehead atoms. The summed E-state index contributed by atoms with van der Waals surface area (Å²) in [5.74, 6) is 0.531. The maximum Gasteiger partial charge on any atom is 0.248 e. The van der Waals surface area contributed by atoms with E-state index in [0.29, 0.717) is 5.89 Å². The van der Waals surface area contributed by atoms with E-state index in [1.165, 1.54) is 6.39 Å². The van der Waals surface area contributed by atoms with Gasteiger partial charge in [-0.05, 0) is 56.7 Å². The smallest absolute Gasteiger partial charge is 0.248 e.